The van der Waals surface area contributed by atoms with E-state index in [-0.39, 0.29) is 6.04 Å². The van der Waals surface area contributed by atoms with Crippen molar-refractivity contribution < 1.29 is 5.32 Å². The predicted molar refractivity (Wildman–Crippen MR) is 87.1 cm³/mol. The van der Waals surface area contributed by atoms with Crippen molar-refractivity contribution in [3.8, 4) is 0 Å². The van der Waals surface area contributed by atoms with Crippen LogP contribution in [0.2, 0.25) is 10.0 Å². The van der Waals surface area contributed by atoms with E-state index in [1.807, 2.05) is 18.2 Å². The van der Waals surface area contributed by atoms with Gasteiger partial charge in [0, 0.05) is 27.9 Å². The van der Waals surface area contributed by atoms with Crippen molar-refractivity contribution in [2.24, 2.45) is 0 Å². The van der Waals surface area contributed by atoms with Crippen LogP contribution in [-0.2, 0) is 6.42 Å². The first kappa shape index (κ1) is 13.2. The summed E-state index contributed by atoms with van der Waals surface area (Å²) < 4.78 is 0. The maximum absolute atomic E-state index is 6.41. The fourth-order valence-electron chi connectivity index (χ4n) is 3.30. The quantitative estimate of drug-likeness (QED) is 0.686. The number of fused-ring (bicyclic) bond motifs is 3. The summed E-state index contributed by atoms with van der Waals surface area (Å²) in [5.41, 5.74) is 5.01. The van der Waals surface area contributed by atoms with Crippen LogP contribution in [0.1, 0.15) is 22.9 Å². The lowest BCUT2D eigenvalue weighted by Crippen LogP contribution is -2.87. The minimum absolute atomic E-state index is 0.214. The number of aromatic nitrogens is 1. The third kappa shape index (κ3) is 2.15. The Balaban J connectivity index is 1.90. The van der Waals surface area contributed by atoms with Crippen LogP contribution in [0.15, 0.2) is 42.5 Å². The van der Waals surface area contributed by atoms with Gasteiger partial charge in [0.15, 0.2) is 6.04 Å². The van der Waals surface area contributed by atoms with Crippen molar-refractivity contribution in [1.29, 1.82) is 0 Å². The lowest BCUT2D eigenvalue weighted by Gasteiger charge is -2.22. The van der Waals surface area contributed by atoms with Crippen molar-refractivity contribution in [2.75, 3.05) is 6.54 Å². The van der Waals surface area contributed by atoms with Gasteiger partial charge in [0.2, 0.25) is 0 Å². The maximum atomic E-state index is 6.41. The van der Waals surface area contributed by atoms with E-state index in [1.165, 1.54) is 22.2 Å². The molecular formula is C17H15Cl2N2+. The third-order valence-corrected chi connectivity index (χ3v) is 4.81. The van der Waals surface area contributed by atoms with Crippen LogP contribution >= 0.6 is 23.2 Å². The summed E-state index contributed by atoms with van der Waals surface area (Å²) >= 11 is 12.4. The average Bonchev–Trinajstić information content (AvgIpc) is 2.86. The van der Waals surface area contributed by atoms with Gasteiger partial charge in [-0.3, -0.25) is 0 Å². The summed E-state index contributed by atoms with van der Waals surface area (Å²) in [5.74, 6) is 0. The molecule has 1 unspecified atom stereocenters. The van der Waals surface area contributed by atoms with E-state index in [9.17, 15) is 0 Å². The first-order valence-corrected chi connectivity index (χ1v) is 7.87. The van der Waals surface area contributed by atoms with E-state index in [2.05, 4.69) is 34.6 Å². The van der Waals surface area contributed by atoms with Crippen molar-refractivity contribution in [3.05, 3.63) is 69.3 Å². The van der Waals surface area contributed by atoms with Crippen LogP contribution in [0.4, 0.5) is 0 Å². The number of hydrogen-bond acceptors (Lipinski definition) is 0. The van der Waals surface area contributed by atoms with Crippen molar-refractivity contribution in [2.45, 2.75) is 12.5 Å². The number of rotatable bonds is 1. The van der Waals surface area contributed by atoms with Gasteiger partial charge in [-0.25, -0.2) is 0 Å². The zero-order valence-electron chi connectivity index (χ0n) is 11.4. The van der Waals surface area contributed by atoms with Gasteiger partial charge in [-0.2, -0.15) is 0 Å². The molecule has 0 bridgehead atoms. The molecule has 0 amide bonds. The third-order valence-electron chi connectivity index (χ3n) is 4.25. The molecule has 4 heteroatoms. The molecule has 1 aliphatic heterocycles. The van der Waals surface area contributed by atoms with Gasteiger partial charge in [0.1, 0.15) is 0 Å². The summed E-state index contributed by atoms with van der Waals surface area (Å²) in [4.78, 5) is 3.58. The highest BCUT2D eigenvalue weighted by atomic mass is 35.5. The van der Waals surface area contributed by atoms with Gasteiger partial charge in [-0.05, 0) is 29.8 Å². The van der Waals surface area contributed by atoms with E-state index >= 15 is 0 Å². The minimum Gasteiger partial charge on any atom is -0.353 e. The van der Waals surface area contributed by atoms with Gasteiger partial charge in [0.25, 0.3) is 0 Å². The number of nitrogens with two attached hydrogens (primary N) is 1. The van der Waals surface area contributed by atoms with Gasteiger partial charge in [0.05, 0.1) is 17.3 Å². The molecule has 2 aromatic carbocycles. The molecule has 1 atom stereocenters. The second kappa shape index (κ2) is 5.06. The molecule has 3 aromatic rings. The van der Waals surface area contributed by atoms with Crippen molar-refractivity contribution >= 4 is 34.1 Å². The zero-order chi connectivity index (χ0) is 14.4. The number of hydrogen-bond donors (Lipinski definition) is 2. The number of nitrogens with one attached hydrogen (secondary N) is 1. The van der Waals surface area contributed by atoms with Crippen LogP contribution in [0, 0.1) is 0 Å². The fourth-order valence-corrected chi connectivity index (χ4v) is 3.83. The molecule has 0 spiro atoms. The smallest absolute Gasteiger partial charge is 0.154 e. The molecule has 2 heterocycles. The van der Waals surface area contributed by atoms with Gasteiger partial charge >= 0.3 is 0 Å². The molecular weight excluding hydrogens is 303 g/mol. The highest BCUT2D eigenvalue weighted by Crippen LogP contribution is 2.34. The molecule has 21 heavy (non-hydrogen) atoms. The summed E-state index contributed by atoms with van der Waals surface area (Å²) in [6, 6.07) is 14.5. The molecule has 1 aromatic heterocycles. The molecule has 0 saturated heterocycles. The zero-order valence-corrected chi connectivity index (χ0v) is 12.9. The molecule has 2 nitrogen and oxygen atoms in total. The molecule has 0 fully saturated rings. The van der Waals surface area contributed by atoms with Crippen molar-refractivity contribution in [3.63, 3.8) is 0 Å². The van der Waals surface area contributed by atoms with E-state index < -0.39 is 0 Å². The SMILES string of the molecule is Clc1ccc(C2[NH2+]CCc3c2[nH]c2ccccc32)c(Cl)c1. The number of para-hydroxylation sites is 1. The van der Waals surface area contributed by atoms with Crippen LogP contribution in [-0.4, -0.2) is 11.5 Å². The number of halogens is 2. The van der Waals surface area contributed by atoms with E-state index in [0.29, 0.717) is 5.02 Å². The molecule has 106 valence electrons. The van der Waals surface area contributed by atoms with Gasteiger partial charge < -0.3 is 10.3 Å². The van der Waals surface area contributed by atoms with E-state index in [0.717, 1.165) is 23.6 Å². The Morgan fingerprint density at radius 1 is 1.10 bits per heavy atom. The fraction of sp³-hybridized carbons (Fsp3) is 0.176. The van der Waals surface area contributed by atoms with Crippen LogP contribution in [0.5, 0.6) is 0 Å². The molecule has 3 N–H and O–H groups in total. The Hall–Kier alpha value is -1.48. The first-order valence-electron chi connectivity index (χ1n) is 7.12. The van der Waals surface area contributed by atoms with Crippen LogP contribution in [0.3, 0.4) is 0 Å². The number of benzene rings is 2. The summed E-state index contributed by atoms with van der Waals surface area (Å²) in [6.45, 7) is 1.07. The standard InChI is InChI=1S/C17H14Cl2N2/c18-10-5-6-13(14(19)9-10)16-17-12(7-8-20-16)11-3-1-2-4-15(11)21-17/h1-6,9,16,20-21H,7-8H2/p+1. The number of quaternary nitrogens is 1. The Bertz CT molecular complexity index is 823. The largest absolute Gasteiger partial charge is 0.353 e. The average molecular weight is 318 g/mol. The molecule has 4 rings (SSSR count). The molecule has 1 aliphatic rings. The van der Waals surface area contributed by atoms with E-state index in [4.69, 9.17) is 23.2 Å². The molecule has 0 radical (unpaired) electrons. The molecule has 0 aliphatic carbocycles. The van der Waals surface area contributed by atoms with Gasteiger partial charge in [-0.15, -0.1) is 0 Å². The summed E-state index contributed by atoms with van der Waals surface area (Å²) in [7, 11) is 0. The Labute approximate surface area is 133 Å². The Morgan fingerprint density at radius 2 is 1.95 bits per heavy atom. The lowest BCUT2D eigenvalue weighted by atomic mass is 9.94. The normalized spacial score (nSPS) is 17.9. The highest BCUT2D eigenvalue weighted by Gasteiger charge is 2.29. The summed E-state index contributed by atoms with van der Waals surface area (Å²) in [5, 5.41) is 5.08. The Morgan fingerprint density at radius 3 is 2.81 bits per heavy atom. The summed E-state index contributed by atoms with van der Waals surface area (Å²) in [6.07, 6.45) is 1.08. The first-order chi connectivity index (χ1) is 10.2. The maximum Gasteiger partial charge on any atom is 0.154 e. The van der Waals surface area contributed by atoms with E-state index in [1.54, 1.807) is 0 Å². The van der Waals surface area contributed by atoms with Crippen molar-refractivity contribution in [1.82, 2.24) is 4.98 Å². The lowest BCUT2D eigenvalue weighted by molar-refractivity contribution is -0.690. The Kier molecular flexibility index (Phi) is 3.18. The predicted octanol–water partition coefficient (Wildman–Crippen LogP) is 3.68. The number of aromatic amines is 1. The number of H-pyrrole nitrogens is 1. The van der Waals surface area contributed by atoms with Crippen LogP contribution < -0.4 is 5.32 Å². The minimum atomic E-state index is 0.214. The molecule has 0 saturated carbocycles. The van der Waals surface area contributed by atoms with Crippen LogP contribution in [0.25, 0.3) is 10.9 Å². The second-order valence-electron chi connectivity index (χ2n) is 5.48. The van der Waals surface area contributed by atoms with Gasteiger partial charge in [-0.1, -0.05) is 41.4 Å². The second-order valence-corrected chi connectivity index (χ2v) is 6.32. The topological polar surface area (TPSA) is 32.4 Å². The monoisotopic (exact) mass is 317 g/mol. The highest BCUT2D eigenvalue weighted by molar-refractivity contribution is 6.35.